The number of para-hydroxylation sites is 1. The van der Waals surface area contributed by atoms with Crippen molar-refractivity contribution in [3.63, 3.8) is 0 Å². The number of rotatable bonds is 5. The van der Waals surface area contributed by atoms with Gasteiger partial charge in [0.25, 0.3) is 0 Å². The molecule has 0 spiro atoms. The zero-order chi connectivity index (χ0) is 16.9. The first-order valence-electron chi connectivity index (χ1n) is 7.87. The zero-order valence-corrected chi connectivity index (χ0v) is 13.7. The molecule has 1 heterocycles. The van der Waals surface area contributed by atoms with Gasteiger partial charge in [-0.3, -0.25) is 0 Å². The zero-order valence-electron chi connectivity index (χ0n) is 13.7. The summed E-state index contributed by atoms with van der Waals surface area (Å²) in [7, 11) is 0. The molecular weight excluding hydrogens is 303 g/mol. The molecular formula is C19H19FN4. The fourth-order valence-electron chi connectivity index (χ4n) is 2.50. The van der Waals surface area contributed by atoms with Gasteiger partial charge in [0.15, 0.2) is 0 Å². The van der Waals surface area contributed by atoms with Gasteiger partial charge in [-0.2, -0.15) is 0 Å². The number of nitrogens with zero attached hydrogens (tertiary/aromatic N) is 2. The second-order valence-electron chi connectivity index (χ2n) is 5.46. The predicted octanol–water partition coefficient (Wildman–Crippen LogP) is 4.97. The van der Waals surface area contributed by atoms with E-state index in [0.717, 1.165) is 12.1 Å². The van der Waals surface area contributed by atoms with Crippen molar-refractivity contribution in [3.8, 4) is 0 Å². The quantitative estimate of drug-likeness (QED) is 0.696. The topological polar surface area (TPSA) is 49.8 Å². The molecule has 24 heavy (non-hydrogen) atoms. The summed E-state index contributed by atoms with van der Waals surface area (Å²) in [5.74, 6) is 1.65. The fraction of sp³-hybridized carbons (Fsp3) is 0.158. The van der Waals surface area contributed by atoms with Gasteiger partial charge in [0.05, 0.1) is 0 Å². The Balaban J connectivity index is 1.86. The summed E-state index contributed by atoms with van der Waals surface area (Å²) >= 11 is 0. The number of anilines is 4. The number of nitrogens with one attached hydrogen (secondary N) is 2. The summed E-state index contributed by atoms with van der Waals surface area (Å²) in [4.78, 5) is 8.79. The van der Waals surface area contributed by atoms with E-state index in [1.54, 1.807) is 12.1 Å². The van der Waals surface area contributed by atoms with E-state index in [0.29, 0.717) is 23.1 Å². The van der Waals surface area contributed by atoms with Crippen molar-refractivity contribution in [2.24, 2.45) is 0 Å². The van der Waals surface area contributed by atoms with E-state index in [1.165, 1.54) is 17.7 Å². The van der Waals surface area contributed by atoms with Crippen LogP contribution in [0.15, 0.2) is 54.6 Å². The minimum absolute atomic E-state index is 0.291. The Kier molecular flexibility index (Phi) is 4.70. The average molecular weight is 322 g/mol. The average Bonchev–Trinajstić information content (AvgIpc) is 2.55. The van der Waals surface area contributed by atoms with Crippen molar-refractivity contribution in [2.45, 2.75) is 20.3 Å². The molecule has 0 atom stereocenters. The van der Waals surface area contributed by atoms with Gasteiger partial charge >= 0.3 is 0 Å². The Morgan fingerprint density at radius 3 is 2.42 bits per heavy atom. The molecule has 2 N–H and O–H groups in total. The second kappa shape index (κ2) is 7.08. The Labute approximate surface area is 140 Å². The van der Waals surface area contributed by atoms with Crippen molar-refractivity contribution < 1.29 is 4.39 Å². The third-order valence-electron chi connectivity index (χ3n) is 3.60. The third kappa shape index (κ3) is 3.87. The maximum absolute atomic E-state index is 13.3. The molecule has 0 aliphatic rings. The van der Waals surface area contributed by atoms with Crippen LogP contribution in [0.5, 0.6) is 0 Å². The van der Waals surface area contributed by atoms with Gasteiger partial charge in [-0.15, -0.1) is 0 Å². The molecule has 5 heteroatoms. The summed E-state index contributed by atoms with van der Waals surface area (Å²) in [5, 5.41) is 6.45. The lowest BCUT2D eigenvalue weighted by molar-refractivity contribution is 0.628. The van der Waals surface area contributed by atoms with E-state index in [2.05, 4.69) is 33.6 Å². The van der Waals surface area contributed by atoms with Crippen molar-refractivity contribution in [1.29, 1.82) is 0 Å². The lowest BCUT2D eigenvalue weighted by Crippen LogP contribution is -2.02. The highest BCUT2D eigenvalue weighted by Gasteiger charge is 2.06. The summed E-state index contributed by atoms with van der Waals surface area (Å²) in [6.45, 7) is 3.94. The lowest BCUT2D eigenvalue weighted by Gasteiger charge is -2.12. The maximum atomic E-state index is 13.3. The van der Waals surface area contributed by atoms with Crippen LogP contribution < -0.4 is 10.6 Å². The molecule has 0 aliphatic carbocycles. The smallest absolute Gasteiger partial charge is 0.136 e. The highest BCUT2D eigenvalue weighted by molar-refractivity contribution is 5.65. The summed E-state index contributed by atoms with van der Waals surface area (Å²) in [6, 6.07) is 16.2. The van der Waals surface area contributed by atoms with E-state index in [1.807, 2.05) is 31.2 Å². The molecule has 1 aromatic heterocycles. The Hall–Kier alpha value is -2.95. The van der Waals surface area contributed by atoms with E-state index < -0.39 is 0 Å². The third-order valence-corrected chi connectivity index (χ3v) is 3.60. The van der Waals surface area contributed by atoms with Crippen molar-refractivity contribution in [3.05, 3.63) is 71.8 Å². The molecule has 3 rings (SSSR count). The first kappa shape index (κ1) is 15.9. The standard InChI is InChI=1S/C19H19FN4/c1-3-14-7-4-5-10-17(14)24-19-12-18(21-13(2)22-19)23-16-9-6-8-15(20)11-16/h4-12H,3H2,1-2H3,(H2,21,22,23,24). The van der Waals surface area contributed by atoms with E-state index in [-0.39, 0.29) is 5.82 Å². The Bertz CT molecular complexity index is 848. The monoisotopic (exact) mass is 322 g/mol. The maximum Gasteiger partial charge on any atom is 0.136 e. The number of aromatic nitrogens is 2. The summed E-state index contributed by atoms with van der Waals surface area (Å²) < 4.78 is 13.3. The van der Waals surface area contributed by atoms with Crippen molar-refractivity contribution >= 4 is 23.0 Å². The first-order chi connectivity index (χ1) is 11.6. The SMILES string of the molecule is CCc1ccccc1Nc1cc(Nc2cccc(F)c2)nc(C)n1. The van der Waals surface area contributed by atoms with Crippen LogP contribution in [0, 0.1) is 12.7 Å². The van der Waals surface area contributed by atoms with Gasteiger partial charge in [-0.25, -0.2) is 14.4 Å². The van der Waals surface area contributed by atoms with E-state index in [4.69, 9.17) is 0 Å². The molecule has 4 nitrogen and oxygen atoms in total. The highest BCUT2D eigenvalue weighted by atomic mass is 19.1. The number of hydrogen-bond donors (Lipinski definition) is 2. The minimum Gasteiger partial charge on any atom is -0.340 e. The fourth-order valence-corrected chi connectivity index (χ4v) is 2.50. The van der Waals surface area contributed by atoms with Gasteiger partial charge in [-0.05, 0) is 43.2 Å². The van der Waals surface area contributed by atoms with Crippen molar-refractivity contribution in [2.75, 3.05) is 10.6 Å². The normalized spacial score (nSPS) is 10.5. The summed E-state index contributed by atoms with van der Waals surface area (Å²) in [5.41, 5.74) is 2.89. The van der Waals surface area contributed by atoms with Gasteiger partial charge in [0.2, 0.25) is 0 Å². The molecule has 3 aromatic rings. The molecule has 0 aliphatic heterocycles. The molecule has 0 radical (unpaired) electrons. The van der Waals surface area contributed by atoms with Crippen LogP contribution in [0.2, 0.25) is 0 Å². The van der Waals surface area contributed by atoms with Crippen LogP contribution in [0.4, 0.5) is 27.4 Å². The number of benzene rings is 2. The van der Waals surface area contributed by atoms with Crippen LogP contribution in [0.3, 0.4) is 0 Å². The van der Waals surface area contributed by atoms with Gasteiger partial charge < -0.3 is 10.6 Å². The van der Waals surface area contributed by atoms with E-state index in [9.17, 15) is 4.39 Å². The highest BCUT2D eigenvalue weighted by Crippen LogP contribution is 2.23. The number of halogens is 1. The summed E-state index contributed by atoms with van der Waals surface area (Å²) in [6.07, 6.45) is 0.932. The van der Waals surface area contributed by atoms with Crippen LogP contribution >= 0.6 is 0 Å². The molecule has 122 valence electrons. The molecule has 2 aromatic carbocycles. The predicted molar refractivity (Wildman–Crippen MR) is 95.6 cm³/mol. The lowest BCUT2D eigenvalue weighted by atomic mass is 10.1. The largest absolute Gasteiger partial charge is 0.340 e. The van der Waals surface area contributed by atoms with E-state index >= 15 is 0 Å². The molecule has 0 fully saturated rings. The van der Waals surface area contributed by atoms with Crippen LogP contribution in [-0.2, 0) is 6.42 Å². The Morgan fingerprint density at radius 1 is 0.917 bits per heavy atom. The molecule has 0 saturated carbocycles. The Morgan fingerprint density at radius 2 is 1.67 bits per heavy atom. The minimum atomic E-state index is -0.291. The molecule has 0 unspecified atom stereocenters. The van der Waals surface area contributed by atoms with Gasteiger partial charge in [0.1, 0.15) is 23.3 Å². The molecule has 0 saturated heterocycles. The van der Waals surface area contributed by atoms with Crippen molar-refractivity contribution in [1.82, 2.24) is 9.97 Å². The first-order valence-corrected chi connectivity index (χ1v) is 7.87. The second-order valence-corrected chi connectivity index (χ2v) is 5.46. The number of aryl methyl sites for hydroxylation is 2. The number of hydrogen-bond acceptors (Lipinski definition) is 4. The van der Waals surface area contributed by atoms with Crippen LogP contribution in [0.25, 0.3) is 0 Å². The molecule has 0 amide bonds. The molecule has 0 bridgehead atoms. The van der Waals surface area contributed by atoms with Gasteiger partial charge in [-0.1, -0.05) is 31.2 Å². The van der Waals surface area contributed by atoms with Crippen LogP contribution in [-0.4, -0.2) is 9.97 Å². The van der Waals surface area contributed by atoms with Gasteiger partial charge in [0, 0.05) is 17.4 Å². The van der Waals surface area contributed by atoms with Crippen LogP contribution in [0.1, 0.15) is 18.3 Å².